The van der Waals surface area contributed by atoms with E-state index in [9.17, 15) is 10.1 Å². The normalized spacial score (nSPS) is 22.9. The highest BCUT2D eigenvalue weighted by Gasteiger charge is 2.34. The summed E-state index contributed by atoms with van der Waals surface area (Å²) in [6.07, 6.45) is 3.78. The van der Waals surface area contributed by atoms with Crippen LogP contribution in [-0.2, 0) is 0 Å². The molecule has 2 heterocycles. The van der Waals surface area contributed by atoms with Gasteiger partial charge in [-0.3, -0.25) is 10.1 Å². The molecular weight excluding hydrogens is 280 g/mol. The van der Waals surface area contributed by atoms with Gasteiger partial charge < -0.3 is 10.2 Å². The van der Waals surface area contributed by atoms with Crippen LogP contribution in [0.2, 0.25) is 5.15 Å². The highest BCUT2D eigenvalue weighted by Crippen LogP contribution is 2.32. The fourth-order valence-corrected chi connectivity index (χ4v) is 2.89. The summed E-state index contributed by atoms with van der Waals surface area (Å²) in [4.78, 5) is 17.1. The molecule has 3 rings (SSSR count). The van der Waals surface area contributed by atoms with Crippen LogP contribution in [-0.4, -0.2) is 40.5 Å². The van der Waals surface area contributed by atoms with Crippen LogP contribution in [0.15, 0.2) is 12.1 Å². The number of nitrogens with zero attached hydrogens (tertiary/aromatic N) is 3. The van der Waals surface area contributed by atoms with Gasteiger partial charge in [0, 0.05) is 25.2 Å². The minimum absolute atomic E-state index is 0.0218. The van der Waals surface area contributed by atoms with Gasteiger partial charge in [-0.2, -0.15) is 0 Å². The third-order valence-corrected chi connectivity index (χ3v) is 4.19. The van der Waals surface area contributed by atoms with Crippen molar-refractivity contribution in [3.05, 3.63) is 27.4 Å². The molecule has 2 aliphatic rings. The van der Waals surface area contributed by atoms with E-state index in [-0.39, 0.29) is 16.7 Å². The maximum atomic E-state index is 11.0. The topological polar surface area (TPSA) is 71.3 Å². The number of likely N-dealkylation sites (tertiary alicyclic amines) is 1. The van der Waals surface area contributed by atoms with Crippen LogP contribution < -0.4 is 5.32 Å². The molecule has 1 aromatic heterocycles. The summed E-state index contributed by atoms with van der Waals surface area (Å²) in [6.45, 7) is 2.92. The molecule has 1 unspecified atom stereocenters. The second kappa shape index (κ2) is 5.54. The van der Waals surface area contributed by atoms with Crippen molar-refractivity contribution in [3.63, 3.8) is 0 Å². The van der Waals surface area contributed by atoms with Gasteiger partial charge in [-0.15, -0.1) is 0 Å². The van der Waals surface area contributed by atoms with E-state index in [1.54, 1.807) is 0 Å². The van der Waals surface area contributed by atoms with E-state index in [2.05, 4.69) is 15.2 Å². The Bertz CT molecular complexity index is 521. The van der Waals surface area contributed by atoms with Crippen LogP contribution in [0.3, 0.4) is 0 Å². The van der Waals surface area contributed by atoms with Crippen molar-refractivity contribution >= 4 is 23.1 Å². The Hall–Kier alpha value is -1.40. The number of nitro groups is 1. The summed E-state index contributed by atoms with van der Waals surface area (Å²) < 4.78 is 0. The highest BCUT2D eigenvalue weighted by atomic mass is 35.5. The molecule has 0 spiro atoms. The Kier molecular flexibility index (Phi) is 3.76. The Balaban J connectivity index is 1.60. The number of nitrogens with one attached hydrogen (secondary N) is 1. The van der Waals surface area contributed by atoms with Gasteiger partial charge in [-0.1, -0.05) is 11.6 Å². The first kappa shape index (κ1) is 13.6. The van der Waals surface area contributed by atoms with Gasteiger partial charge in [0.15, 0.2) is 0 Å². The van der Waals surface area contributed by atoms with Crippen molar-refractivity contribution in [3.8, 4) is 0 Å². The van der Waals surface area contributed by atoms with Crippen molar-refractivity contribution < 1.29 is 4.92 Å². The maximum Gasteiger partial charge on any atom is 0.311 e. The maximum absolute atomic E-state index is 11.0. The zero-order valence-electron chi connectivity index (χ0n) is 11.1. The highest BCUT2D eigenvalue weighted by molar-refractivity contribution is 6.29. The minimum atomic E-state index is -0.434. The predicted molar refractivity (Wildman–Crippen MR) is 77.1 cm³/mol. The van der Waals surface area contributed by atoms with Crippen LogP contribution >= 0.6 is 11.6 Å². The van der Waals surface area contributed by atoms with Crippen LogP contribution in [0.25, 0.3) is 0 Å². The summed E-state index contributed by atoms with van der Waals surface area (Å²) in [5.41, 5.74) is -0.0218. The lowest BCUT2D eigenvalue weighted by Crippen LogP contribution is -2.25. The number of rotatable bonds is 5. The van der Waals surface area contributed by atoms with E-state index in [1.165, 1.54) is 25.0 Å². The lowest BCUT2D eigenvalue weighted by atomic mass is 10.1. The zero-order valence-corrected chi connectivity index (χ0v) is 11.8. The molecule has 108 valence electrons. The van der Waals surface area contributed by atoms with Crippen molar-refractivity contribution in [2.75, 3.05) is 25.0 Å². The Morgan fingerprint density at radius 1 is 1.45 bits per heavy atom. The molecule has 1 aliphatic carbocycles. The number of pyridine rings is 1. The van der Waals surface area contributed by atoms with Crippen LogP contribution in [0, 0.1) is 16.0 Å². The van der Waals surface area contributed by atoms with Gasteiger partial charge in [0.25, 0.3) is 0 Å². The average Bonchev–Trinajstić information content (AvgIpc) is 3.15. The summed E-state index contributed by atoms with van der Waals surface area (Å²) in [5, 5.41) is 14.3. The van der Waals surface area contributed by atoms with E-state index in [0.717, 1.165) is 25.6 Å². The van der Waals surface area contributed by atoms with E-state index in [0.29, 0.717) is 12.5 Å². The van der Waals surface area contributed by atoms with Crippen molar-refractivity contribution in [1.29, 1.82) is 0 Å². The summed E-state index contributed by atoms with van der Waals surface area (Å²) in [7, 11) is 0. The second-order valence-electron chi connectivity index (χ2n) is 5.52. The molecule has 1 atom stereocenters. The quantitative estimate of drug-likeness (QED) is 0.513. The van der Waals surface area contributed by atoms with Gasteiger partial charge in [0.1, 0.15) is 5.15 Å². The van der Waals surface area contributed by atoms with Crippen LogP contribution in [0.4, 0.5) is 11.5 Å². The molecule has 1 saturated carbocycles. The minimum Gasteiger partial charge on any atom is -0.364 e. The lowest BCUT2D eigenvalue weighted by molar-refractivity contribution is -0.384. The fraction of sp³-hybridized carbons (Fsp3) is 0.615. The molecule has 0 bridgehead atoms. The molecule has 1 aliphatic heterocycles. The first-order valence-corrected chi connectivity index (χ1v) is 7.30. The van der Waals surface area contributed by atoms with Gasteiger partial charge in [0.2, 0.25) is 5.82 Å². The lowest BCUT2D eigenvalue weighted by Gasteiger charge is -2.15. The first-order chi connectivity index (χ1) is 9.63. The fourth-order valence-electron chi connectivity index (χ4n) is 2.75. The van der Waals surface area contributed by atoms with E-state index in [4.69, 9.17) is 11.6 Å². The number of hydrogen-bond acceptors (Lipinski definition) is 5. The molecule has 6 nitrogen and oxygen atoms in total. The van der Waals surface area contributed by atoms with Crippen molar-refractivity contribution in [2.45, 2.75) is 25.3 Å². The van der Waals surface area contributed by atoms with E-state index in [1.807, 2.05) is 0 Å². The average molecular weight is 297 g/mol. The molecule has 0 aromatic carbocycles. The second-order valence-corrected chi connectivity index (χ2v) is 5.91. The van der Waals surface area contributed by atoms with E-state index >= 15 is 0 Å². The molecular formula is C13H17ClN4O2. The first-order valence-electron chi connectivity index (χ1n) is 6.92. The summed E-state index contributed by atoms with van der Waals surface area (Å²) >= 11 is 5.81. The molecule has 1 aromatic rings. The van der Waals surface area contributed by atoms with Crippen LogP contribution in [0.5, 0.6) is 0 Å². The number of halogens is 1. The third-order valence-electron chi connectivity index (χ3n) is 3.98. The molecule has 1 saturated heterocycles. The standard InChI is InChI=1S/C13H17ClN4O2/c14-12-4-3-11(18(19)20)13(16-12)15-7-9-5-6-17(8-9)10-1-2-10/h3-4,9-10H,1-2,5-8H2,(H,15,16). The summed E-state index contributed by atoms with van der Waals surface area (Å²) in [5.74, 6) is 0.795. The van der Waals surface area contributed by atoms with E-state index < -0.39 is 4.92 Å². The van der Waals surface area contributed by atoms with Crippen molar-refractivity contribution in [1.82, 2.24) is 9.88 Å². The SMILES string of the molecule is O=[N+]([O-])c1ccc(Cl)nc1NCC1CCN(C2CC2)C1. The largest absolute Gasteiger partial charge is 0.364 e. The molecule has 20 heavy (non-hydrogen) atoms. The Labute approximate surface area is 122 Å². The number of anilines is 1. The van der Waals surface area contributed by atoms with Crippen molar-refractivity contribution in [2.24, 2.45) is 5.92 Å². The molecule has 1 N–H and O–H groups in total. The van der Waals surface area contributed by atoms with Gasteiger partial charge >= 0.3 is 5.69 Å². The molecule has 0 radical (unpaired) electrons. The monoisotopic (exact) mass is 296 g/mol. The molecule has 7 heteroatoms. The summed E-state index contributed by atoms with van der Waals surface area (Å²) in [6, 6.07) is 3.62. The van der Waals surface area contributed by atoms with Gasteiger partial charge in [-0.25, -0.2) is 4.98 Å². The van der Waals surface area contributed by atoms with Gasteiger partial charge in [0.05, 0.1) is 4.92 Å². The Morgan fingerprint density at radius 2 is 2.25 bits per heavy atom. The van der Waals surface area contributed by atoms with Crippen LogP contribution in [0.1, 0.15) is 19.3 Å². The predicted octanol–water partition coefficient (Wildman–Crippen LogP) is 2.54. The Morgan fingerprint density at radius 3 is 2.95 bits per heavy atom. The zero-order chi connectivity index (χ0) is 14.1. The number of aromatic nitrogens is 1. The smallest absolute Gasteiger partial charge is 0.311 e. The number of hydrogen-bond donors (Lipinski definition) is 1. The van der Waals surface area contributed by atoms with Gasteiger partial charge in [-0.05, 0) is 37.8 Å². The molecule has 2 fully saturated rings. The third kappa shape index (κ3) is 3.02. The molecule has 0 amide bonds.